The van der Waals surface area contributed by atoms with E-state index in [0.29, 0.717) is 6.29 Å². The Labute approximate surface area is 167 Å². The van der Waals surface area contributed by atoms with Crippen molar-refractivity contribution in [1.29, 1.82) is 0 Å². The Balaban J connectivity index is 0.000000596. The molecule has 0 spiro atoms. The predicted octanol–water partition coefficient (Wildman–Crippen LogP) is 4.49. The van der Waals surface area contributed by atoms with Gasteiger partial charge in [0.05, 0.1) is 0 Å². The normalized spacial score (nSPS) is 13.5. The maximum Gasteiger partial charge on any atom is 0.142 e. The molecule has 1 aliphatic heterocycles. The third-order valence-corrected chi connectivity index (χ3v) is 5.13. The van der Waals surface area contributed by atoms with Crippen LogP contribution in [0, 0.1) is 0 Å². The Kier molecular flexibility index (Phi) is 9.69. The summed E-state index contributed by atoms with van der Waals surface area (Å²) < 4.78 is 3.43. The first kappa shape index (κ1) is 21.2. The predicted molar refractivity (Wildman–Crippen MR) is 116 cm³/mol. The zero-order chi connectivity index (χ0) is 19.3. The van der Waals surface area contributed by atoms with E-state index < -0.39 is 0 Å². The van der Waals surface area contributed by atoms with Gasteiger partial charge < -0.3 is 5.32 Å². The highest BCUT2D eigenvalue weighted by Crippen LogP contribution is 2.18. The molecule has 5 heteroatoms. The summed E-state index contributed by atoms with van der Waals surface area (Å²) in [6.07, 6.45) is 4.54. The minimum Gasteiger partial charge on any atom is -0.388 e. The van der Waals surface area contributed by atoms with E-state index in [9.17, 15) is 0 Å². The topological polar surface area (TPSA) is 44.4 Å². The fraction of sp³-hybridized carbons (Fsp3) is 0.318. The number of aldehydes is 1. The van der Waals surface area contributed by atoms with Crippen LogP contribution < -0.4 is 10.0 Å². The fourth-order valence-electron chi connectivity index (χ4n) is 2.85. The van der Waals surface area contributed by atoms with Crippen LogP contribution in [0.3, 0.4) is 0 Å². The van der Waals surface area contributed by atoms with Crippen molar-refractivity contribution >= 4 is 23.9 Å². The molecule has 27 heavy (non-hydrogen) atoms. The van der Waals surface area contributed by atoms with E-state index in [1.807, 2.05) is 7.05 Å². The number of allylic oxidation sites excluding steroid dienone is 1. The first-order valence-corrected chi connectivity index (χ1v) is 10.1. The lowest BCUT2D eigenvalue weighted by Crippen LogP contribution is -2.18. The average Bonchev–Trinajstić information content (AvgIpc) is 3.23. The van der Waals surface area contributed by atoms with Gasteiger partial charge in [-0.15, -0.1) is 0 Å². The zero-order valence-corrected chi connectivity index (χ0v) is 16.8. The molecule has 2 aromatic carbocycles. The highest BCUT2D eigenvalue weighted by molar-refractivity contribution is 7.97. The number of nitrogens with zero attached hydrogens (tertiary/aromatic N) is 1. The van der Waals surface area contributed by atoms with Crippen molar-refractivity contribution < 1.29 is 4.79 Å². The van der Waals surface area contributed by atoms with Crippen LogP contribution in [0.2, 0.25) is 0 Å². The fourth-order valence-corrected chi connectivity index (χ4v) is 3.53. The van der Waals surface area contributed by atoms with Gasteiger partial charge in [-0.2, -0.15) is 0 Å². The van der Waals surface area contributed by atoms with Crippen molar-refractivity contribution in [2.75, 3.05) is 25.5 Å². The molecule has 2 aromatic rings. The highest BCUT2D eigenvalue weighted by atomic mass is 32.2. The number of hydrogen-bond acceptors (Lipinski definition) is 5. The van der Waals surface area contributed by atoms with Gasteiger partial charge in [0.25, 0.3) is 0 Å². The van der Waals surface area contributed by atoms with Crippen molar-refractivity contribution in [2.24, 2.45) is 0 Å². The van der Waals surface area contributed by atoms with Crippen molar-refractivity contribution in [3.63, 3.8) is 0 Å². The van der Waals surface area contributed by atoms with Crippen LogP contribution in [0.4, 0.5) is 5.69 Å². The van der Waals surface area contributed by atoms with Gasteiger partial charge in [0.15, 0.2) is 0 Å². The Bertz CT molecular complexity index is 674. The molecule has 0 atom stereocenters. The number of hydrogen-bond donors (Lipinski definition) is 2. The van der Waals surface area contributed by atoms with Gasteiger partial charge in [-0.3, -0.25) is 14.4 Å². The Morgan fingerprint density at radius 3 is 2.19 bits per heavy atom. The summed E-state index contributed by atoms with van der Waals surface area (Å²) in [7, 11) is 1.94. The molecular formula is C22H29N3OS. The maximum atomic E-state index is 9.06. The van der Waals surface area contributed by atoms with Crippen LogP contribution in [-0.4, -0.2) is 31.3 Å². The molecular weight excluding hydrogens is 354 g/mol. The molecule has 1 heterocycles. The number of nitrogens with one attached hydrogen (secondary N) is 2. The SMILES string of the molecule is C=CC=O.CNc1ccc(SNCc2ccc(CN3CCCC3)cc2)cc1. The molecule has 4 nitrogen and oxygen atoms in total. The minimum absolute atomic E-state index is 0.639. The van der Waals surface area contributed by atoms with Crippen LogP contribution in [-0.2, 0) is 17.9 Å². The number of anilines is 1. The highest BCUT2D eigenvalue weighted by Gasteiger charge is 2.11. The standard InChI is InChI=1S/C19H25N3S.C3H4O/c1-20-18-8-10-19(11-9-18)23-21-14-16-4-6-17(7-5-16)15-22-12-2-3-13-22;1-2-3-4/h4-11,20-21H,2-3,12-15H2,1H3;2-3H,1H2. The van der Waals surface area contributed by atoms with Crippen LogP contribution in [0.1, 0.15) is 24.0 Å². The van der Waals surface area contributed by atoms with Gasteiger partial charge in [0.1, 0.15) is 6.29 Å². The largest absolute Gasteiger partial charge is 0.388 e. The summed E-state index contributed by atoms with van der Waals surface area (Å²) in [6, 6.07) is 17.5. The maximum absolute atomic E-state index is 9.06. The summed E-state index contributed by atoms with van der Waals surface area (Å²) in [5.41, 5.74) is 3.89. The number of benzene rings is 2. The second kappa shape index (κ2) is 12.3. The second-order valence-electron chi connectivity index (χ2n) is 6.37. The monoisotopic (exact) mass is 383 g/mol. The summed E-state index contributed by atoms with van der Waals surface area (Å²) in [5.74, 6) is 0. The van der Waals surface area contributed by atoms with Crippen LogP contribution in [0.5, 0.6) is 0 Å². The summed E-state index contributed by atoms with van der Waals surface area (Å²) in [6.45, 7) is 7.60. The molecule has 1 saturated heterocycles. The average molecular weight is 384 g/mol. The van der Waals surface area contributed by atoms with Gasteiger partial charge in [0, 0.05) is 30.7 Å². The lowest BCUT2D eigenvalue weighted by molar-refractivity contribution is -0.104. The van der Waals surface area contributed by atoms with Gasteiger partial charge in [-0.05, 0) is 79.3 Å². The molecule has 0 bridgehead atoms. The molecule has 0 aliphatic carbocycles. The van der Waals surface area contributed by atoms with Gasteiger partial charge >= 0.3 is 0 Å². The Morgan fingerprint density at radius 1 is 1.04 bits per heavy atom. The third-order valence-electron chi connectivity index (χ3n) is 4.33. The zero-order valence-electron chi connectivity index (χ0n) is 16.0. The van der Waals surface area contributed by atoms with Crippen molar-refractivity contribution in [2.45, 2.75) is 30.8 Å². The van der Waals surface area contributed by atoms with E-state index in [2.05, 4.69) is 70.0 Å². The molecule has 0 radical (unpaired) electrons. The Hall–Kier alpha value is -2.08. The quantitative estimate of drug-likeness (QED) is 0.399. The minimum atomic E-state index is 0.639. The number of likely N-dealkylation sites (tertiary alicyclic amines) is 1. The van der Waals surface area contributed by atoms with Gasteiger partial charge in [-0.25, -0.2) is 0 Å². The summed E-state index contributed by atoms with van der Waals surface area (Å²) >= 11 is 1.68. The molecule has 1 fully saturated rings. The molecule has 0 saturated carbocycles. The Morgan fingerprint density at radius 2 is 1.63 bits per heavy atom. The lowest BCUT2D eigenvalue weighted by atomic mass is 10.1. The van der Waals surface area contributed by atoms with Crippen molar-refractivity contribution in [3.8, 4) is 0 Å². The van der Waals surface area contributed by atoms with Gasteiger partial charge in [-0.1, -0.05) is 30.8 Å². The van der Waals surface area contributed by atoms with E-state index >= 15 is 0 Å². The smallest absolute Gasteiger partial charge is 0.142 e. The number of carbonyl (C=O) groups is 1. The number of carbonyl (C=O) groups excluding carboxylic acids is 1. The van der Waals surface area contributed by atoms with Crippen LogP contribution in [0.15, 0.2) is 66.1 Å². The molecule has 0 amide bonds. The van der Waals surface area contributed by atoms with E-state index in [4.69, 9.17) is 4.79 Å². The first-order chi connectivity index (χ1) is 13.2. The summed E-state index contributed by atoms with van der Waals surface area (Å²) in [4.78, 5) is 12.8. The summed E-state index contributed by atoms with van der Waals surface area (Å²) in [5, 5.41) is 3.13. The molecule has 0 aromatic heterocycles. The molecule has 2 N–H and O–H groups in total. The molecule has 3 rings (SSSR count). The van der Waals surface area contributed by atoms with Crippen LogP contribution >= 0.6 is 11.9 Å². The van der Waals surface area contributed by atoms with E-state index in [-0.39, 0.29) is 0 Å². The van der Waals surface area contributed by atoms with E-state index in [1.54, 1.807) is 11.9 Å². The molecule has 0 unspecified atom stereocenters. The first-order valence-electron chi connectivity index (χ1n) is 9.29. The lowest BCUT2D eigenvalue weighted by Gasteiger charge is -2.14. The van der Waals surface area contributed by atoms with Gasteiger partial charge in [0.2, 0.25) is 0 Å². The van der Waals surface area contributed by atoms with E-state index in [0.717, 1.165) is 18.8 Å². The van der Waals surface area contributed by atoms with Crippen molar-refractivity contribution in [1.82, 2.24) is 9.62 Å². The van der Waals surface area contributed by atoms with Crippen molar-refractivity contribution in [3.05, 3.63) is 72.3 Å². The second-order valence-corrected chi connectivity index (χ2v) is 7.33. The van der Waals surface area contributed by atoms with Crippen LogP contribution in [0.25, 0.3) is 0 Å². The third kappa shape index (κ3) is 7.99. The molecule has 144 valence electrons. The van der Waals surface area contributed by atoms with E-state index in [1.165, 1.54) is 48.0 Å². The number of rotatable bonds is 8. The molecule has 1 aliphatic rings.